The number of hydrogen-bond donors (Lipinski definition) is 2. The molecule has 0 saturated heterocycles. The van der Waals surface area contributed by atoms with Gasteiger partial charge in [0.05, 0.1) is 30.5 Å². The molecule has 0 radical (unpaired) electrons. The Labute approximate surface area is 113 Å². The number of ether oxygens (including phenoxy) is 1. The second-order valence-electron chi connectivity index (χ2n) is 4.89. The maximum absolute atomic E-state index is 9.68. The highest BCUT2D eigenvalue weighted by atomic mass is 32.1. The lowest BCUT2D eigenvalue weighted by Gasteiger charge is -2.13. The number of aromatic nitrogens is 1. The molecule has 4 nitrogen and oxygen atoms in total. The molecule has 104 valence electrons. The fourth-order valence-corrected chi connectivity index (χ4v) is 2.31. The number of rotatable bonds is 9. The SMILES string of the molecule is Cc1ncsc1CCOCC(O)CNCC(C)C. The number of hydrogen-bond acceptors (Lipinski definition) is 5. The highest BCUT2D eigenvalue weighted by Gasteiger charge is 2.05. The molecular weight excluding hydrogens is 248 g/mol. The van der Waals surface area contributed by atoms with E-state index in [0.29, 0.717) is 25.7 Å². The van der Waals surface area contributed by atoms with Crippen LogP contribution < -0.4 is 5.32 Å². The lowest BCUT2D eigenvalue weighted by Crippen LogP contribution is -2.32. The highest BCUT2D eigenvalue weighted by molar-refractivity contribution is 7.09. The van der Waals surface area contributed by atoms with Crippen molar-refractivity contribution in [3.63, 3.8) is 0 Å². The number of nitrogens with zero attached hydrogens (tertiary/aromatic N) is 1. The van der Waals surface area contributed by atoms with Gasteiger partial charge in [-0.15, -0.1) is 11.3 Å². The molecule has 0 amide bonds. The van der Waals surface area contributed by atoms with E-state index in [9.17, 15) is 5.11 Å². The molecule has 1 unspecified atom stereocenters. The summed E-state index contributed by atoms with van der Waals surface area (Å²) in [5.74, 6) is 0.604. The van der Waals surface area contributed by atoms with Crippen molar-refractivity contribution < 1.29 is 9.84 Å². The van der Waals surface area contributed by atoms with E-state index in [1.165, 1.54) is 4.88 Å². The van der Waals surface area contributed by atoms with Gasteiger partial charge in [-0.3, -0.25) is 0 Å². The first-order valence-electron chi connectivity index (χ1n) is 6.45. The van der Waals surface area contributed by atoms with Crippen LogP contribution in [-0.4, -0.2) is 42.5 Å². The molecule has 0 aliphatic heterocycles. The Morgan fingerprint density at radius 3 is 2.83 bits per heavy atom. The summed E-state index contributed by atoms with van der Waals surface area (Å²) in [6.45, 7) is 8.86. The molecule has 1 heterocycles. The number of aliphatic hydroxyl groups is 1. The summed E-state index contributed by atoms with van der Waals surface area (Å²) < 4.78 is 5.47. The Morgan fingerprint density at radius 2 is 2.22 bits per heavy atom. The molecule has 1 aromatic rings. The van der Waals surface area contributed by atoms with E-state index in [-0.39, 0.29) is 0 Å². The van der Waals surface area contributed by atoms with Crippen molar-refractivity contribution in [3.8, 4) is 0 Å². The molecule has 0 bridgehead atoms. The van der Waals surface area contributed by atoms with Gasteiger partial charge in [0.2, 0.25) is 0 Å². The predicted octanol–water partition coefficient (Wildman–Crippen LogP) is 1.62. The van der Waals surface area contributed by atoms with Crippen LogP contribution in [0.5, 0.6) is 0 Å². The van der Waals surface area contributed by atoms with E-state index >= 15 is 0 Å². The normalized spacial score (nSPS) is 13.2. The first-order valence-corrected chi connectivity index (χ1v) is 7.33. The van der Waals surface area contributed by atoms with Crippen molar-refractivity contribution in [1.82, 2.24) is 10.3 Å². The minimum atomic E-state index is -0.425. The fraction of sp³-hybridized carbons (Fsp3) is 0.769. The summed E-state index contributed by atoms with van der Waals surface area (Å²) in [7, 11) is 0. The van der Waals surface area contributed by atoms with E-state index in [0.717, 1.165) is 18.7 Å². The third-order valence-electron chi connectivity index (χ3n) is 2.56. The molecule has 1 rings (SSSR count). The molecule has 1 atom stereocenters. The minimum absolute atomic E-state index is 0.392. The Balaban J connectivity index is 2.02. The van der Waals surface area contributed by atoms with Crippen LogP contribution in [0.25, 0.3) is 0 Å². The minimum Gasteiger partial charge on any atom is -0.389 e. The molecule has 0 saturated carbocycles. The summed E-state index contributed by atoms with van der Waals surface area (Å²) in [6.07, 6.45) is 0.453. The van der Waals surface area contributed by atoms with Crippen molar-refractivity contribution in [2.24, 2.45) is 5.92 Å². The molecule has 5 heteroatoms. The molecule has 0 aliphatic rings. The monoisotopic (exact) mass is 272 g/mol. The van der Waals surface area contributed by atoms with Gasteiger partial charge in [-0.05, 0) is 19.4 Å². The largest absolute Gasteiger partial charge is 0.389 e. The van der Waals surface area contributed by atoms with E-state index in [2.05, 4.69) is 24.1 Å². The Kier molecular flexibility index (Phi) is 7.42. The van der Waals surface area contributed by atoms with Crippen molar-refractivity contribution >= 4 is 11.3 Å². The number of aliphatic hydroxyl groups excluding tert-OH is 1. The molecule has 0 fully saturated rings. The van der Waals surface area contributed by atoms with Gasteiger partial charge < -0.3 is 15.2 Å². The van der Waals surface area contributed by atoms with Crippen LogP contribution in [0.15, 0.2) is 5.51 Å². The lowest BCUT2D eigenvalue weighted by molar-refractivity contribution is 0.0382. The summed E-state index contributed by atoms with van der Waals surface area (Å²) >= 11 is 1.66. The molecular formula is C13H24N2O2S. The zero-order chi connectivity index (χ0) is 13.4. The zero-order valence-corrected chi connectivity index (χ0v) is 12.3. The standard InChI is InChI=1S/C13H24N2O2S/c1-10(2)6-14-7-12(16)8-17-5-4-13-11(3)15-9-18-13/h9-10,12,14,16H,4-8H2,1-3H3. The van der Waals surface area contributed by atoms with Crippen molar-refractivity contribution in [2.75, 3.05) is 26.3 Å². The quantitative estimate of drug-likeness (QED) is 0.671. The van der Waals surface area contributed by atoms with Crippen LogP contribution in [0.2, 0.25) is 0 Å². The molecule has 0 aliphatic carbocycles. The zero-order valence-electron chi connectivity index (χ0n) is 11.5. The summed E-state index contributed by atoms with van der Waals surface area (Å²) in [6, 6.07) is 0. The fourth-order valence-electron chi connectivity index (χ4n) is 1.55. The number of thiazole rings is 1. The third kappa shape index (κ3) is 6.44. The van der Waals surface area contributed by atoms with Crippen molar-refractivity contribution in [3.05, 3.63) is 16.1 Å². The molecule has 0 aromatic carbocycles. The first-order chi connectivity index (χ1) is 8.59. The second-order valence-corrected chi connectivity index (χ2v) is 5.83. The Bertz CT molecular complexity index is 329. The molecule has 2 N–H and O–H groups in total. The van der Waals surface area contributed by atoms with Crippen LogP contribution in [-0.2, 0) is 11.2 Å². The number of nitrogens with one attached hydrogen (secondary N) is 1. The predicted molar refractivity (Wildman–Crippen MR) is 75.1 cm³/mol. The first kappa shape index (κ1) is 15.6. The van der Waals surface area contributed by atoms with E-state index in [4.69, 9.17) is 4.74 Å². The van der Waals surface area contributed by atoms with Gasteiger partial charge in [0, 0.05) is 17.8 Å². The lowest BCUT2D eigenvalue weighted by atomic mass is 10.2. The summed E-state index contributed by atoms with van der Waals surface area (Å²) in [5, 5.41) is 12.9. The van der Waals surface area contributed by atoms with Gasteiger partial charge in [-0.2, -0.15) is 0 Å². The van der Waals surface area contributed by atoms with Gasteiger partial charge in [0.15, 0.2) is 0 Å². The highest BCUT2D eigenvalue weighted by Crippen LogP contribution is 2.12. The van der Waals surface area contributed by atoms with Gasteiger partial charge in [-0.1, -0.05) is 13.8 Å². The average molecular weight is 272 g/mol. The van der Waals surface area contributed by atoms with Gasteiger partial charge in [0.1, 0.15) is 0 Å². The second kappa shape index (κ2) is 8.58. The van der Waals surface area contributed by atoms with Gasteiger partial charge in [-0.25, -0.2) is 4.98 Å². The van der Waals surface area contributed by atoms with Crippen LogP contribution in [0, 0.1) is 12.8 Å². The Hall–Kier alpha value is -0.490. The third-order valence-corrected chi connectivity index (χ3v) is 3.56. The molecule has 0 spiro atoms. The Morgan fingerprint density at radius 1 is 1.44 bits per heavy atom. The van der Waals surface area contributed by atoms with E-state index in [1.807, 2.05) is 12.4 Å². The van der Waals surface area contributed by atoms with Gasteiger partial charge >= 0.3 is 0 Å². The van der Waals surface area contributed by atoms with Gasteiger partial charge in [0.25, 0.3) is 0 Å². The molecule has 1 aromatic heterocycles. The summed E-state index contributed by atoms with van der Waals surface area (Å²) in [5.41, 5.74) is 2.94. The average Bonchev–Trinajstić information content (AvgIpc) is 2.70. The van der Waals surface area contributed by atoms with Crippen LogP contribution in [0.3, 0.4) is 0 Å². The van der Waals surface area contributed by atoms with E-state index < -0.39 is 6.10 Å². The maximum Gasteiger partial charge on any atom is 0.0897 e. The van der Waals surface area contributed by atoms with Crippen LogP contribution in [0.4, 0.5) is 0 Å². The van der Waals surface area contributed by atoms with E-state index in [1.54, 1.807) is 11.3 Å². The van der Waals surface area contributed by atoms with Crippen LogP contribution in [0.1, 0.15) is 24.4 Å². The van der Waals surface area contributed by atoms with Crippen molar-refractivity contribution in [2.45, 2.75) is 33.3 Å². The summed E-state index contributed by atoms with van der Waals surface area (Å²) in [4.78, 5) is 5.46. The number of aryl methyl sites for hydroxylation is 1. The molecule has 18 heavy (non-hydrogen) atoms. The van der Waals surface area contributed by atoms with Crippen LogP contribution >= 0.6 is 11.3 Å². The topological polar surface area (TPSA) is 54.4 Å². The maximum atomic E-state index is 9.68. The van der Waals surface area contributed by atoms with Crippen molar-refractivity contribution in [1.29, 1.82) is 0 Å². The smallest absolute Gasteiger partial charge is 0.0897 e.